The molecule has 0 fully saturated rings. The van der Waals surface area contributed by atoms with E-state index in [0.29, 0.717) is 17.0 Å². The zero-order valence-corrected chi connectivity index (χ0v) is 18.1. The van der Waals surface area contributed by atoms with Crippen molar-refractivity contribution in [1.29, 1.82) is 0 Å². The lowest BCUT2D eigenvalue weighted by molar-refractivity contribution is -0.866. The first-order valence-corrected chi connectivity index (χ1v) is 9.97. The molecule has 1 heterocycles. The van der Waals surface area contributed by atoms with Gasteiger partial charge in [-0.1, -0.05) is 12.1 Å². The number of urea groups is 1. The van der Waals surface area contributed by atoms with E-state index in [1.165, 1.54) is 0 Å². The molecule has 0 bridgehead atoms. The molecule has 164 valence electrons. The van der Waals surface area contributed by atoms with E-state index in [9.17, 15) is 14.4 Å². The quantitative estimate of drug-likeness (QED) is 0.418. The molecule has 0 spiro atoms. The number of benzene rings is 1. The molecule has 1 aliphatic rings. The molecule has 1 unspecified atom stereocenters. The van der Waals surface area contributed by atoms with Crippen LogP contribution < -0.4 is 25.6 Å². The molecule has 2 rings (SSSR count). The van der Waals surface area contributed by atoms with Crippen LogP contribution in [-0.4, -0.2) is 57.8 Å². The van der Waals surface area contributed by atoms with Crippen LogP contribution in [0.5, 0.6) is 5.75 Å². The third-order valence-corrected chi connectivity index (χ3v) is 4.49. The molecule has 3 amide bonds. The van der Waals surface area contributed by atoms with Crippen LogP contribution in [0.1, 0.15) is 32.4 Å². The highest BCUT2D eigenvalue weighted by molar-refractivity contribution is 5.95. The predicted octanol–water partition coefficient (Wildman–Crippen LogP) is -0.0944. The van der Waals surface area contributed by atoms with Crippen LogP contribution in [0, 0.1) is 0 Å². The highest BCUT2D eigenvalue weighted by atomic mass is 16.5. The Morgan fingerprint density at radius 1 is 1.23 bits per heavy atom. The molecule has 30 heavy (non-hydrogen) atoms. The number of hydrogen-bond donors (Lipinski definition) is 4. The van der Waals surface area contributed by atoms with E-state index in [1.807, 2.05) is 20.9 Å². The van der Waals surface area contributed by atoms with Crippen LogP contribution in [0.25, 0.3) is 0 Å². The van der Waals surface area contributed by atoms with Crippen molar-refractivity contribution in [2.45, 2.75) is 32.9 Å². The van der Waals surface area contributed by atoms with Gasteiger partial charge in [-0.15, -0.1) is 0 Å². The maximum Gasteiger partial charge on any atom is 0.338 e. The summed E-state index contributed by atoms with van der Waals surface area (Å²) < 4.78 is 10.4. The van der Waals surface area contributed by atoms with Crippen molar-refractivity contribution >= 4 is 17.9 Å². The van der Waals surface area contributed by atoms with E-state index >= 15 is 0 Å². The van der Waals surface area contributed by atoms with E-state index in [1.54, 1.807) is 38.3 Å². The minimum absolute atomic E-state index is 0.0395. The molecular formula is C21H31N4O5+. The van der Waals surface area contributed by atoms with Gasteiger partial charge in [0, 0.05) is 6.04 Å². The van der Waals surface area contributed by atoms with Crippen LogP contribution in [-0.2, 0) is 14.3 Å². The van der Waals surface area contributed by atoms with Crippen molar-refractivity contribution in [2.75, 3.05) is 33.9 Å². The summed E-state index contributed by atoms with van der Waals surface area (Å²) in [6.45, 7) is 6.19. The van der Waals surface area contributed by atoms with Gasteiger partial charge in [-0.2, -0.15) is 0 Å². The average molecular weight is 420 g/mol. The van der Waals surface area contributed by atoms with E-state index < -0.39 is 18.0 Å². The van der Waals surface area contributed by atoms with Crippen molar-refractivity contribution in [3.8, 4) is 5.75 Å². The van der Waals surface area contributed by atoms with Gasteiger partial charge in [0.25, 0.3) is 5.91 Å². The summed E-state index contributed by atoms with van der Waals surface area (Å²) >= 11 is 0. The topological polar surface area (TPSA) is 110 Å². The van der Waals surface area contributed by atoms with Gasteiger partial charge in [0.05, 0.1) is 38.1 Å². The number of amides is 3. The van der Waals surface area contributed by atoms with Gasteiger partial charge in [0.15, 0.2) is 6.54 Å². The summed E-state index contributed by atoms with van der Waals surface area (Å²) in [4.78, 5) is 38.0. The van der Waals surface area contributed by atoms with Gasteiger partial charge >= 0.3 is 12.0 Å². The smallest absolute Gasteiger partial charge is 0.338 e. The van der Waals surface area contributed by atoms with Crippen LogP contribution in [0.15, 0.2) is 35.5 Å². The first-order valence-electron chi connectivity index (χ1n) is 9.97. The number of rotatable bonds is 9. The Bertz CT molecular complexity index is 804. The van der Waals surface area contributed by atoms with Crippen molar-refractivity contribution in [1.82, 2.24) is 16.0 Å². The normalized spacial score (nSPS) is 17.1. The molecule has 0 aromatic heterocycles. The van der Waals surface area contributed by atoms with Gasteiger partial charge < -0.3 is 30.3 Å². The summed E-state index contributed by atoms with van der Waals surface area (Å²) in [5, 5.41) is 8.36. The van der Waals surface area contributed by atoms with Gasteiger partial charge in [0.1, 0.15) is 12.3 Å². The highest BCUT2D eigenvalue weighted by Crippen LogP contribution is 2.28. The number of nitrogens with one attached hydrogen (secondary N) is 4. The molecule has 1 aromatic carbocycles. The average Bonchev–Trinajstić information content (AvgIpc) is 2.66. The third kappa shape index (κ3) is 6.21. The number of likely N-dealkylation sites (N-methyl/N-ethyl adjacent to an activating group) is 1. The first-order chi connectivity index (χ1) is 14.2. The van der Waals surface area contributed by atoms with E-state index in [4.69, 9.17) is 9.47 Å². The van der Waals surface area contributed by atoms with Crippen molar-refractivity contribution in [2.24, 2.45) is 0 Å². The number of ether oxygens (including phenoxy) is 2. The number of carbonyl (C=O) groups excluding carboxylic acids is 3. The summed E-state index contributed by atoms with van der Waals surface area (Å²) in [5.74, 6) is 0.0502. The summed E-state index contributed by atoms with van der Waals surface area (Å²) in [6, 6.07) is 6.06. The number of methoxy groups -OCH3 is 1. The summed E-state index contributed by atoms with van der Waals surface area (Å²) in [6.07, 6.45) is 0. The lowest BCUT2D eigenvalue weighted by Gasteiger charge is -2.30. The minimum atomic E-state index is -0.670. The highest BCUT2D eigenvalue weighted by Gasteiger charge is 2.35. The maximum atomic E-state index is 12.8. The Labute approximate surface area is 176 Å². The molecule has 0 radical (unpaired) electrons. The van der Waals surface area contributed by atoms with Crippen molar-refractivity contribution in [3.05, 3.63) is 41.1 Å². The predicted molar refractivity (Wildman–Crippen MR) is 111 cm³/mol. The Balaban J connectivity index is 2.35. The molecule has 9 heteroatoms. The van der Waals surface area contributed by atoms with Gasteiger partial charge in [0.2, 0.25) is 0 Å². The van der Waals surface area contributed by atoms with Crippen LogP contribution in [0.2, 0.25) is 0 Å². The summed E-state index contributed by atoms with van der Waals surface area (Å²) in [5.41, 5.74) is 1.49. The molecule has 0 saturated carbocycles. The van der Waals surface area contributed by atoms with Crippen LogP contribution in [0.4, 0.5) is 4.79 Å². The third-order valence-electron chi connectivity index (χ3n) is 4.49. The van der Waals surface area contributed by atoms with Gasteiger partial charge in [-0.05, 0) is 38.5 Å². The molecule has 9 nitrogen and oxygen atoms in total. The molecule has 1 aliphatic heterocycles. The Morgan fingerprint density at radius 2 is 1.90 bits per heavy atom. The Morgan fingerprint density at radius 3 is 2.47 bits per heavy atom. The van der Waals surface area contributed by atoms with E-state index in [-0.39, 0.29) is 31.6 Å². The van der Waals surface area contributed by atoms with Gasteiger partial charge in [-0.25, -0.2) is 9.59 Å². The minimum Gasteiger partial charge on any atom is -0.497 e. The fourth-order valence-corrected chi connectivity index (χ4v) is 3.27. The lowest BCUT2D eigenvalue weighted by Crippen LogP contribution is -3.10. The standard InChI is InChI=1S/C21H30N4O5/c1-6-30-20(27)18-16(11-25(4)12-17(26)22-13(2)3)23-21(28)24-19(18)14-7-9-15(29-5)10-8-14/h7-10,13,19H,6,11-12H2,1-5H3,(H,22,26)(H2,23,24,28)/p+1/t19-/m1/s1. The second kappa shape index (κ2) is 10.6. The molecule has 0 saturated heterocycles. The number of esters is 1. The number of quaternary nitrogens is 1. The van der Waals surface area contributed by atoms with Crippen molar-refractivity contribution < 1.29 is 28.8 Å². The SMILES string of the molecule is CCOC(=O)C1=C(C[NH+](C)CC(=O)NC(C)C)NC(=O)N[C@@H]1c1ccc(OC)cc1. The monoisotopic (exact) mass is 419 g/mol. The number of carbonyl (C=O) groups is 3. The molecular weight excluding hydrogens is 388 g/mol. The largest absolute Gasteiger partial charge is 0.497 e. The fourth-order valence-electron chi connectivity index (χ4n) is 3.27. The molecule has 2 atom stereocenters. The second-order valence-corrected chi connectivity index (χ2v) is 7.45. The Hall–Kier alpha value is -3.07. The van der Waals surface area contributed by atoms with Gasteiger partial charge in [-0.3, -0.25) is 4.79 Å². The molecule has 1 aromatic rings. The Kier molecular flexibility index (Phi) is 8.23. The van der Waals surface area contributed by atoms with E-state index in [0.717, 1.165) is 10.5 Å². The fraction of sp³-hybridized carbons (Fsp3) is 0.476. The van der Waals surface area contributed by atoms with Crippen molar-refractivity contribution in [3.63, 3.8) is 0 Å². The maximum absolute atomic E-state index is 12.8. The molecule has 4 N–H and O–H groups in total. The number of hydrogen-bond acceptors (Lipinski definition) is 5. The van der Waals surface area contributed by atoms with Crippen LogP contribution >= 0.6 is 0 Å². The van der Waals surface area contributed by atoms with Crippen LogP contribution in [0.3, 0.4) is 0 Å². The zero-order valence-electron chi connectivity index (χ0n) is 18.1. The second-order valence-electron chi connectivity index (χ2n) is 7.45. The lowest BCUT2D eigenvalue weighted by atomic mass is 9.95. The molecule has 0 aliphatic carbocycles. The summed E-state index contributed by atoms with van der Waals surface area (Å²) in [7, 11) is 3.39. The first kappa shape index (κ1) is 23.2. The zero-order chi connectivity index (χ0) is 22.3. The van der Waals surface area contributed by atoms with E-state index in [2.05, 4.69) is 16.0 Å².